The summed E-state index contributed by atoms with van der Waals surface area (Å²) in [5.41, 5.74) is 1.06. The van der Waals surface area contributed by atoms with Crippen LogP contribution in [-0.2, 0) is 11.3 Å². The Labute approximate surface area is 174 Å². The molecule has 1 aromatic carbocycles. The van der Waals surface area contributed by atoms with Gasteiger partial charge < -0.3 is 30.1 Å². The Balaban J connectivity index is 1.80. The number of likely N-dealkylation sites (tertiary alicyclic amines) is 1. The second kappa shape index (κ2) is 13.4. The van der Waals surface area contributed by atoms with Gasteiger partial charge in [0.25, 0.3) is 0 Å². The number of methoxy groups -OCH3 is 1. The molecule has 0 spiro atoms. The molecule has 1 heterocycles. The molecule has 0 aliphatic carbocycles. The number of amides is 1. The molecule has 0 saturated carbocycles. The van der Waals surface area contributed by atoms with E-state index in [0.29, 0.717) is 37.7 Å². The summed E-state index contributed by atoms with van der Waals surface area (Å²) in [5.74, 6) is 1.27. The maximum Gasteiger partial charge on any atom is 0.216 e. The fraction of sp³-hybridized carbons (Fsp3) is 0.682. The van der Waals surface area contributed by atoms with Crippen molar-refractivity contribution in [1.29, 1.82) is 0 Å². The second-order valence-electron chi connectivity index (χ2n) is 7.68. The summed E-state index contributed by atoms with van der Waals surface area (Å²) in [6.45, 7) is 6.46. The lowest BCUT2D eigenvalue weighted by Crippen LogP contribution is -2.37. The van der Waals surface area contributed by atoms with Crippen LogP contribution in [-0.4, -0.2) is 68.5 Å². The molecule has 2 rings (SSSR count). The van der Waals surface area contributed by atoms with Crippen molar-refractivity contribution in [2.75, 3.05) is 46.4 Å². The topological polar surface area (TPSA) is 83.1 Å². The number of carbonyl (C=O) groups is 1. The summed E-state index contributed by atoms with van der Waals surface area (Å²) < 4.78 is 11.3. The molecule has 0 unspecified atom stereocenters. The molecule has 1 amide bonds. The third kappa shape index (κ3) is 9.47. The van der Waals surface area contributed by atoms with E-state index in [1.54, 1.807) is 7.11 Å². The Hall–Kier alpha value is -1.83. The second-order valence-corrected chi connectivity index (χ2v) is 7.68. The third-order valence-corrected chi connectivity index (χ3v) is 5.08. The van der Waals surface area contributed by atoms with Gasteiger partial charge in [-0.25, -0.2) is 0 Å². The molecule has 1 aliphatic rings. The molecule has 7 heteroatoms. The lowest BCUT2D eigenvalue weighted by molar-refractivity contribution is -0.118. The van der Waals surface area contributed by atoms with Crippen molar-refractivity contribution < 1.29 is 19.4 Å². The van der Waals surface area contributed by atoms with E-state index < -0.39 is 6.10 Å². The smallest absolute Gasteiger partial charge is 0.216 e. The van der Waals surface area contributed by atoms with Gasteiger partial charge in [-0.05, 0) is 43.6 Å². The minimum atomic E-state index is -0.529. The molecule has 0 radical (unpaired) electrons. The summed E-state index contributed by atoms with van der Waals surface area (Å²) in [6, 6.07) is 5.80. The number of rotatable bonds is 11. The normalized spacial score (nSPS) is 16.5. The lowest BCUT2D eigenvalue weighted by Gasteiger charge is -2.26. The number of β-amino-alcohol motifs (C(OH)–C–C–N with tert-alkyl or cyclic N) is 1. The maximum absolute atomic E-state index is 10.9. The van der Waals surface area contributed by atoms with Gasteiger partial charge in [0.1, 0.15) is 12.7 Å². The van der Waals surface area contributed by atoms with Crippen LogP contribution in [0.2, 0.25) is 0 Å². The molecule has 1 saturated heterocycles. The monoisotopic (exact) mass is 407 g/mol. The number of nitrogens with one attached hydrogen (secondary N) is 2. The molecule has 1 fully saturated rings. The number of nitrogens with zero attached hydrogens (tertiary/aromatic N) is 1. The van der Waals surface area contributed by atoms with Gasteiger partial charge in [-0.15, -0.1) is 0 Å². The Morgan fingerprint density at radius 1 is 1.14 bits per heavy atom. The fourth-order valence-corrected chi connectivity index (χ4v) is 3.54. The van der Waals surface area contributed by atoms with E-state index in [9.17, 15) is 9.90 Å². The van der Waals surface area contributed by atoms with E-state index >= 15 is 0 Å². The molecule has 164 valence electrons. The van der Waals surface area contributed by atoms with Crippen LogP contribution in [0.4, 0.5) is 0 Å². The minimum absolute atomic E-state index is 0.0266. The first kappa shape index (κ1) is 23.4. The highest BCUT2D eigenvalue weighted by atomic mass is 16.5. The quantitative estimate of drug-likeness (QED) is 0.486. The van der Waals surface area contributed by atoms with Crippen LogP contribution >= 0.6 is 0 Å². The van der Waals surface area contributed by atoms with Crippen LogP contribution in [0, 0.1) is 0 Å². The van der Waals surface area contributed by atoms with Gasteiger partial charge in [-0.2, -0.15) is 0 Å². The van der Waals surface area contributed by atoms with Crippen molar-refractivity contribution in [2.24, 2.45) is 0 Å². The Morgan fingerprint density at radius 3 is 2.55 bits per heavy atom. The van der Waals surface area contributed by atoms with Crippen molar-refractivity contribution in [2.45, 2.75) is 51.7 Å². The highest BCUT2D eigenvalue weighted by Gasteiger charge is 2.15. The van der Waals surface area contributed by atoms with Gasteiger partial charge in [-0.3, -0.25) is 4.79 Å². The summed E-state index contributed by atoms with van der Waals surface area (Å²) in [7, 11) is 1.62. The molecule has 1 aromatic rings. The highest BCUT2D eigenvalue weighted by Crippen LogP contribution is 2.28. The van der Waals surface area contributed by atoms with Crippen LogP contribution in [0.1, 0.15) is 44.6 Å². The first-order valence-electron chi connectivity index (χ1n) is 10.7. The van der Waals surface area contributed by atoms with Gasteiger partial charge in [0.15, 0.2) is 11.5 Å². The zero-order chi connectivity index (χ0) is 20.9. The van der Waals surface area contributed by atoms with Crippen molar-refractivity contribution in [3.63, 3.8) is 0 Å². The number of hydrogen-bond acceptors (Lipinski definition) is 6. The molecule has 3 N–H and O–H groups in total. The van der Waals surface area contributed by atoms with Crippen LogP contribution in [0.3, 0.4) is 0 Å². The van der Waals surface area contributed by atoms with E-state index in [1.165, 1.54) is 39.0 Å². The first-order chi connectivity index (χ1) is 14.1. The van der Waals surface area contributed by atoms with Crippen LogP contribution in [0.5, 0.6) is 11.5 Å². The van der Waals surface area contributed by atoms with Gasteiger partial charge >= 0.3 is 0 Å². The van der Waals surface area contributed by atoms with E-state index in [-0.39, 0.29) is 12.5 Å². The van der Waals surface area contributed by atoms with Gasteiger partial charge in [0, 0.05) is 33.1 Å². The number of aliphatic hydroxyl groups excluding tert-OH is 1. The number of carbonyl (C=O) groups excluding carboxylic acids is 1. The van der Waals surface area contributed by atoms with Crippen LogP contribution < -0.4 is 20.1 Å². The molecule has 1 aliphatic heterocycles. The molecular formula is C22H37N3O4. The summed E-state index contributed by atoms with van der Waals surface area (Å²) in [4.78, 5) is 13.2. The zero-order valence-electron chi connectivity index (χ0n) is 17.9. The Bertz CT molecular complexity index is 604. The molecular weight excluding hydrogens is 370 g/mol. The van der Waals surface area contributed by atoms with E-state index in [1.807, 2.05) is 18.2 Å². The Kier molecular flexibility index (Phi) is 10.8. The van der Waals surface area contributed by atoms with Crippen molar-refractivity contribution in [3.05, 3.63) is 23.8 Å². The number of benzene rings is 1. The minimum Gasteiger partial charge on any atom is -0.493 e. The maximum atomic E-state index is 10.9. The molecule has 1 atom stereocenters. The summed E-state index contributed by atoms with van der Waals surface area (Å²) in [6.07, 6.45) is 5.78. The van der Waals surface area contributed by atoms with Crippen molar-refractivity contribution >= 4 is 5.91 Å². The van der Waals surface area contributed by atoms with Crippen LogP contribution in [0.15, 0.2) is 18.2 Å². The standard InChI is InChI=1S/C22H37N3O4/c1-18(26)24-11-10-23-15-19-8-9-21(28-2)22(14-19)29-17-20(27)16-25-12-6-4-3-5-7-13-25/h8-9,14,20,23,27H,3-7,10-13,15-17H2,1-2H3,(H,24,26)/t20-/m1/s1. The predicted molar refractivity (Wildman–Crippen MR) is 114 cm³/mol. The van der Waals surface area contributed by atoms with E-state index in [2.05, 4.69) is 15.5 Å². The number of aliphatic hydroxyl groups is 1. The number of hydrogen-bond donors (Lipinski definition) is 3. The lowest BCUT2D eigenvalue weighted by atomic mass is 10.1. The molecule has 29 heavy (non-hydrogen) atoms. The average molecular weight is 408 g/mol. The van der Waals surface area contributed by atoms with Gasteiger partial charge in [-0.1, -0.05) is 25.3 Å². The van der Waals surface area contributed by atoms with Gasteiger partial charge in [0.05, 0.1) is 7.11 Å². The SMILES string of the molecule is COc1ccc(CNCCNC(C)=O)cc1OC[C@H](O)CN1CCCCCCC1. The molecule has 0 bridgehead atoms. The van der Waals surface area contributed by atoms with E-state index in [0.717, 1.165) is 18.7 Å². The molecule has 7 nitrogen and oxygen atoms in total. The highest BCUT2D eigenvalue weighted by molar-refractivity contribution is 5.72. The third-order valence-electron chi connectivity index (χ3n) is 5.08. The number of ether oxygens (including phenoxy) is 2. The van der Waals surface area contributed by atoms with E-state index in [4.69, 9.17) is 9.47 Å². The molecule has 0 aromatic heterocycles. The first-order valence-corrected chi connectivity index (χ1v) is 10.7. The van der Waals surface area contributed by atoms with Crippen LogP contribution in [0.25, 0.3) is 0 Å². The summed E-state index contributed by atoms with van der Waals surface area (Å²) >= 11 is 0. The van der Waals surface area contributed by atoms with Crippen molar-refractivity contribution in [3.8, 4) is 11.5 Å². The average Bonchev–Trinajstić information content (AvgIpc) is 2.68. The van der Waals surface area contributed by atoms with Gasteiger partial charge in [0.2, 0.25) is 5.91 Å². The predicted octanol–water partition coefficient (Wildman–Crippen LogP) is 1.93. The zero-order valence-corrected chi connectivity index (χ0v) is 17.9. The Morgan fingerprint density at radius 2 is 1.86 bits per heavy atom. The fourth-order valence-electron chi connectivity index (χ4n) is 3.54. The largest absolute Gasteiger partial charge is 0.493 e. The summed E-state index contributed by atoms with van der Waals surface area (Å²) in [5, 5.41) is 16.5. The van der Waals surface area contributed by atoms with Crippen molar-refractivity contribution in [1.82, 2.24) is 15.5 Å².